The Balaban J connectivity index is 0.995. The molecule has 2 amide bonds. The fraction of sp³-hybridized carbons (Fsp3) is 0.361. The number of carbonyl (C=O) groups excluding carboxylic acids is 4. The van der Waals surface area contributed by atoms with E-state index in [2.05, 4.69) is 0 Å². The van der Waals surface area contributed by atoms with Gasteiger partial charge in [0.05, 0.1) is 71.1 Å². The molecule has 7 aromatic carbocycles. The van der Waals surface area contributed by atoms with E-state index in [1.54, 1.807) is 48.5 Å². The van der Waals surface area contributed by atoms with Crippen molar-refractivity contribution in [3.63, 3.8) is 0 Å². The fourth-order valence-corrected chi connectivity index (χ4v) is 11.8. The summed E-state index contributed by atoms with van der Waals surface area (Å²) in [5.41, 5.74) is 4.19. The summed E-state index contributed by atoms with van der Waals surface area (Å²) >= 11 is 0. The molecular formula is C72H75NO20. The Morgan fingerprint density at radius 3 is 1.26 bits per heavy atom. The van der Waals surface area contributed by atoms with E-state index in [-0.39, 0.29) is 63.1 Å². The Labute approximate surface area is 538 Å². The van der Waals surface area contributed by atoms with Crippen molar-refractivity contribution in [2.24, 2.45) is 0 Å². The molecule has 0 saturated carbocycles. The number of benzene rings is 7. The Kier molecular flexibility index (Phi) is 22.8. The number of aliphatic hydroxyl groups excluding tert-OH is 2. The minimum Gasteiger partial charge on any atom is -0.497 e. The van der Waals surface area contributed by atoms with Crippen molar-refractivity contribution in [1.29, 1.82) is 0 Å². The van der Waals surface area contributed by atoms with E-state index in [1.807, 2.05) is 152 Å². The number of hydrogen-bond acceptors (Lipinski definition) is 20. The molecule has 0 radical (unpaired) electrons. The fourth-order valence-electron chi connectivity index (χ4n) is 11.8. The number of methoxy groups -OCH3 is 1. The topological polar surface area (TPSA) is 241 Å². The third-order valence-electron chi connectivity index (χ3n) is 16.3. The highest BCUT2D eigenvalue weighted by atomic mass is 16.8. The van der Waals surface area contributed by atoms with Crippen LogP contribution in [0.3, 0.4) is 0 Å². The van der Waals surface area contributed by atoms with Gasteiger partial charge in [0.1, 0.15) is 72.5 Å². The molecule has 21 nitrogen and oxygen atoms in total. The number of rotatable bonds is 28. The molecule has 4 aliphatic heterocycles. The lowest BCUT2D eigenvalue weighted by Crippen LogP contribution is -2.70. The molecule has 21 heteroatoms. The number of ether oxygens (including phenoxy) is 14. The van der Waals surface area contributed by atoms with Crippen LogP contribution in [-0.4, -0.2) is 158 Å². The van der Waals surface area contributed by atoms with Gasteiger partial charge in [-0.2, -0.15) is 0 Å². The second kappa shape index (κ2) is 32.1. The zero-order valence-electron chi connectivity index (χ0n) is 51.6. The van der Waals surface area contributed by atoms with Crippen LogP contribution in [0.1, 0.15) is 62.4 Å². The number of hydrogen-bond donors (Lipinski definition) is 2. The minimum absolute atomic E-state index is 0.00184. The SMILES string of the molecule is COc1ccc(O[C@@H]2O[C@H](COCc3ccccc3)[C@@H](O[C@@H]3O[C@H](CO)[C@@H](O)[C@H](O[C@H]4O[C@H](COCc5ccccc5)[C@@H](OCc5ccccc5)[C@H](OCc5ccccc5)[C@@H]4OC(C)=O)[C@@H]3OC(C)=O)[C@H](OCc3ccccc3)[C@H]2N2C(=O)c3ccccc3C2=O)cc1. The molecule has 11 rings (SSSR count). The average molecular weight is 1270 g/mol. The molecule has 4 heterocycles. The van der Waals surface area contributed by atoms with Gasteiger partial charge in [-0.05, 0) is 64.2 Å². The number of amides is 2. The van der Waals surface area contributed by atoms with Gasteiger partial charge in [-0.1, -0.05) is 164 Å². The smallest absolute Gasteiger partial charge is 0.303 e. The second-order valence-corrected chi connectivity index (χ2v) is 22.7. The first-order valence-corrected chi connectivity index (χ1v) is 30.8. The maximum Gasteiger partial charge on any atom is 0.303 e. The molecule has 0 bridgehead atoms. The van der Waals surface area contributed by atoms with Crippen LogP contribution in [0.25, 0.3) is 0 Å². The molecule has 2 N–H and O–H groups in total. The quantitative estimate of drug-likeness (QED) is 0.0348. The summed E-state index contributed by atoms with van der Waals surface area (Å²) in [6, 6.07) is 58.3. The van der Waals surface area contributed by atoms with Gasteiger partial charge in [0, 0.05) is 13.8 Å². The first kappa shape index (κ1) is 66.2. The third-order valence-corrected chi connectivity index (χ3v) is 16.3. The molecule has 0 unspecified atom stereocenters. The van der Waals surface area contributed by atoms with Gasteiger partial charge in [-0.3, -0.25) is 24.1 Å². The highest BCUT2D eigenvalue weighted by molar-refractivity contribution is 6.21. The van der Waals surface area contributed by atoms with Crippen molar-refractivity contribution in [1.82, 2.24) is 4.90 Å². The first-order valence-electron chi connectivity index (χ1n) is 30.8. The van der Waals surface area contributed by atoms with Gasteiger partial charge in [0.15, 0.2) is 24.8 Å². The zero-order chi connectivity index (χ0) is 64.6. The predicted octanol–water partition coefficient (Wildman–Crippen LogP) is 8.09. The maximum atomic E-state index is 15.0. The number of aliphatic hydroxyl groups is 2. The normalized spacial score (nSPS) is 26.8. The van der Waals surface area contributed by atoms with Crippen molar-refractivity contribution in [2.45, 2.75) is 139 Å². The number of carbonyl (C=O) groups is 4. The van der Waals surface area contributed by atoms with Crippen molar-refractivity contribution in [3.05, 3.63) is 239 Å². The van der Waals surface area contributed by atoms with Crippen LogP contribution in [0, 0.1) is 0 Å². The molecule has 0 aliphatic carbocycles. The van der Waals surface area contributed by atoms with Crippen LogP contribution < -0.4 is 9.47 Å². The monoisotopic (exact) mass is 1270 g/mol. The van der Waals surface area contributed by atoms with Crippen LogP contribution in [-0.2, 0) is 99.5 Å². The van der Waals surface area contributed by atoms with Crippen molar-refractivity contribution < 1.29 is 95.7 Å². The molecule has 488 valence electrons. The molecule has 3 saturated heterocycles. The summed E-state index contributed by atoms with van der Waals surface area (Å²) in [5, 5.41) is 23.8. The van der Waals surface area contributed by atoms with Gasteiger partial charge in [0.2, 0.25) is 6.29 Å². The van der Waals surface area contributed by atoms with E-state index in [9.17, 15) is 29.4 Å². The van der Waals surface area contributed by atoms with Gasteiger partial charge in [-0.25, -0.2) is 0 Å². The molecular weight excluding hydrogens is 1200 g/mol. The van der Waals surface area contributed by atoms with Crippen molar-refractivity contribution in [3.8, 4) is 11.5 Å². The number of fused-ring (bicyclic) bond motifs is 1. The Morgan fingerprint density at radius 1 is 0.430 bits per heavy atom. The lowest BCUT2D eigenvalue weighted by atomic mass is 9.93. The highest BCUT2D eigenvalue weighted by Gasteiger charge is 2.60. The summed E-state index contributed by atoms with van der Waals surface area (Å²) in [4.78, 5) is 58.2. The number of nitrogens with zero attached hydrogens (tertiary/aromatic N) is 1. The molecule has 7 aromatic rings. The Hall–Kier alpha value is -8.26. The van der Waals surface area contributed by atoms with Gasteiger partial charge in [-0.15, -0.1) is 0 Å². The molecule has 93 heavy (non-hydrogen) atoms. The minimum atomic E-state index is -1.84. The summed E-state index contributed by atoms with van der Waals surface area (Å²) in [6.45, 7) is 1.28. The Morgan fingerprint density at radius 2 is 0.806 bits per heavy atom. The van der Waals surface area contributed by atoms with E-state index in [1.165, 1.54) is 14.0 Å². The second-order valence-electron chi connectivity index (χ2n) is 22.7. The van der Waals surface area contributed by atoms with E-state index in [0.29, 0.717) is 11.3 Å². The van der Waals surface area contributed by atoms with Crippen LogP contribution in [0.2, 0.25) is 0 Å². The molecule has 15 atom stereocenters. The van der Waals surface area contributed by atoms with Gasteiger partial charge < -0.3 is 76.5 Å². The predicted molar refractivity (Wildman–Crippen MR) is 332 cm³/mol. The summed E-state index contributed by atoms with van der Waals surface area (Å²) < 4.78 is 92.5. The van der Waals surface area contributed by atoms with Crippen LogP contribution in [0.5, 0.6) is 11.5 Å². The van der Waals surface area contributed by atoms with Crippen LogP contribution >= 0.6 is 0 Å². The zero-order valence-corrected chi connectivity index (χ0v) is 51.6. The van der Waals surface area contributed by atoms with Crippen molar-refractivity contribution in [2.75, 3.05) is 26.9 Å². The maximum absolute atomic E-state index is 15.0. The largest absolute Gasteiger partial charge is 0.497 e. The Bertz CT molecular complexity index is 3470. The molecule has 3 fully saturated rings. The first-order chi connectivity index (χ1) is 45.4. The van der Waals surface area contributed by atoms with Crippen molar-refractivity contribution >= 4 is 23.8 Å². The van der Waals surface area contributed by atoms with E-state index in [0.717, 1.165) is 34.1 Å². The molecule has 4 aliphatic rings. The van der Waals surface area contributed by atoms with E-state index >= 15 is 0 Å². The van der Waals surface area contributed by atoms with Gasteiger partial charge in [0.25, 0.3) is 11.8 Å². The highest BCUT2D eigenvalue weighted by Crippen LogP contribution is 2.41. The molecule has 0 spiro atoms. The standard InChI is InChI=1S/C72H75NO20/c1-45(75)86-66-64(93-72-67(87-46(2)76)65(85-42-51-29-17-8-18-30-51)61(83-40-49-25-13-6-14-26-49)57(91-72)43-81-38-47-21-9-4-10-22-47)60(77)56(37-74)89-71(66)92-62-58(44-82-39-48-23-11-5-12-24-48)90-70(88-53-35-33-52(80-3)34-36-53)59(63(62)84-41-50-27-15-7-16-28-50)73-68(78)54-31-19-20-32-55(54)69(73)79/h4-36,56-67,70-72,74,77H,37-44H2,1-3H3/t56-,57-,58-,59-,60-,61-,62-,63-,64+,65+,66+,67+,70-,71+,72-/m1/s1. The summed E-state index contributed by atoms with van der Waals surface area (Å²) in [5.74, 6) is -2.22. The van der Waals surface area contributed by atoms with Crippen LogP contribution in [0.15, 0.2) is 200 Å². The average Bonchev–Trinajstić information content (AvgIpc) is 1.68. The number of esters is 2. The van der Waals surface area contributed by atoms with Gasteiger partial charge >= 0.3 is 11.9 Å². The van der Waals surface area contributed by atoms with E-state index in [4.69, 9.17) is 66.3 Å². The summed E-state index contributed by atoms with van der Waals surface area (Å²) in [6.07, 6.45) is -20.9. The van der Waals surface area contributed by atoms with E-state index < -0.39 is 122 Å². The van der Waals surface area contributed by atoms with Crippen LogP contribution in [0.4, 0.5) is 0 Å². The summed E-state index contributed by atoms with van der Waals surface area (Å²) in [7, 11) is 1.52. The third kappa shape index (κ3) is 16.6. The molecule has 0 aromatic heterocycles. The number of imide groups is 1. The lowest BCUT2D eigenvalue weighted by Gasteiger charge is -2.51. The lowest BCUT2D eigenvalue weighted by molar-refractivity contribution is -0.380.